The number of aromatic nitrogens is 3. The minimum atomic E-state index is -0.00145. The van der Waals surface area contributed by atoms with E-state index in [1.54, 1.807) is 11.0 Å². The van der Waals surface area contributed by atoms with Crippen LogP contribution in [0.5, 0.6) is 5.75 Å². The van der Waals surface area contributed by atoms with Crippen molar-refractivity contribution in [3.63, 3.8) is 0 Å². The van der Waals surface area contributed by atoms with E-state index in [1.165, 1.54) is 6.33 Å². The standard InChI is InChI=1S/C23H25N5O3/c29-22(25-13-17-3-1-4-18(11-17)14-28-16-24-15-26-28)5-2-10-31-20-7-8-21-19(12-20)6-9-23(30)27-21/h1,3-4,7-8,11-12,15-16H,2,5-6,9-10,13-14H2,(H,25,29)(H,27,30). The van der Waals surface area contributed by atoms with E-state index >= 15 is 0 Å². The first kappa shape index (κ1) is 20.6. The predicted octanol–water partition coefficient (Wildman–Crippen LogP) is 2.69. The van der Waals surface area contributed by atoms with Crippen LogP contribution in [0.25, 0.3) is 0 Å². The number of hydrogen-bond acceptors (Lipinski definition) is 5. The van der Waals surface area contributed by atoms with Gasteiger partial charge in [-0.2, -0.15) is 5.10 Å². The van der Waals surface area contributed by atoms with Gasteiger partial charge in [-0.3, -0.25) is 9.59 Å². The Hall–Kier alpha value is -3.68. The molecule has 0 bridgehead atoms. The van der Waals surface area contributed by atoms with Crippen LogP contribution >= 0.6 is 0 Å². The molecule has 2 N–H and O–H groups in total. The van der Waals surface area contributed by atoms with E-state index in [1.807, 2.05) is 36.4 Å². The van der Waals surface area contributed by atoms with Crippen LogP contribution in [0.4, 0.5) is 5.69 Å². The fourth-order valence-electron chi connectivity index (χ4n) is 3.50. The zero-order valence-electron chi connectivity index (χ0n) is 17.2. The van der Waals surface area contributed by atoms with Crippen molar-refractivity contribution in [1.82, 2.24) is 20.1 Å². The van der Waals surface area contributed by atoms with Crippen molar-refractivity contribution in [3.8, 4) is 5.75 Å². The summed E-state index contributed by atoms with van der Waals surface area (Å²) in [5.41, 5.74) is 4.09. The first-order valence-corrected chi connectivity index (χ1v) is 10.4. The van der Waals surface area contributed by atoms with Crippen LogP contribution in [0, 0.1) is 0 Å². The van der Waals surface area contributed by atoms with Crippen LogP contribution in [0.2, 0.25) is 0 Å². The van der Waals surface area contributed by atoms with Crippen LogP contribution in [0.1, 0.15) is 36.0 Å². The lowest BCUT2D eigenvalue weighted by atomic mass is 10.0. The van der Waals surface area contributed by atoms with Gasteiger partial charge in [0.1, 0.15) is 18.4 Å². The molecule has 8 heteroatoms. The second kappa shape index (κ2) is 9.88. The molecule has 0 spiro atoms. The lowest BCUT2D eigenvalue weighted by Crippen LogP contribution is -2.23. The minimum absolute atomic E-state index is 0.00145. The molecule has 0 fully saturated rings. The number of aryl methyl sites for hydroxylation is 1. The van der Waals surface area contributed by atoms with E-state index in [0.717, 1.165) is 34.5 Å². The van der Waals surface area contributed by atoms with Gasteiger partial charge in [0.15, 0.2) is 0 Å². The Bertz CT molecular complexity index is 1050. The van der Waals surface area contributed by atoms with Crippen LogP contribution in [0.15, 0.2) is 55.1 Å². The van der Waals surface area contributed by atoms with Crippen molar-refractivity contribution in [2.24, 2.45) is 0 Å². The zero-order valence-corrected chi connectivity index (χ0v) is 17.2. The Labute approximate surface area is 180 Å². The molecular weight excluding hydrogens is 394 g/mol. The number of rotatable bonds is 9. The maximum absolute atomic E-state index is 12.2. The molecule has 1 aromatic heterocycles. The molecule has 2 heterocycles. The van der Waals surface area contributed by atoms with E-state index in [-0.39, 0.29) is 11.8 Å². The van der Waals surface area contributed by atoms with Crippen molar-refractivity contribution in [3.05, 3.63) is 71.8 Å². The number of anilines is 1. The highest BCUT2D eigenvalue weighted by Gasteiger charge is 2.15. The lowest BCUT2D eigenvalue weighted by Gasteiger charge is -2.17. The Morgan fingerprint density at radius 2 is 2.06 bits per heavy atom. The normalized spacial score (nSPS) is 12.7. The highest BCUT2D eigenvalue weighted by atomic mass is 16.5. The second-order valence-corrected chi connectivity index (χ2v) is 7.51. The van der Waals surface area contributed by atoms with Gasteiger partial charge in [-0.25, -0.2) is 9.67 Å². The topological polar surface area (TPSA) is 98.1 Å². The Balaban J connectivity index is 1.17. The number of nitrogens with one attached hydrogen (secondary N) is 2. The number of carbonyl (C=O) groups excluding carboxylic acids is 2. The van der Waals surface area contributed by atoms with E-state index in [4.69, 9.17) is 4.74 Å². The van der Waals surface area contributed by atoms with Crippen LogP contribution in [-0.4, -0.2) is 33.2 Å². The van der Waals surface area contributed by atoms with Crippen LogP contribution < -0.4 is 15.4 Å². The number of carbonyl (C=O) groups is 2. The largest absolute Gasteiger partial charge is 0.494 e. The van der Waals surface area contributed by atoms with E-state index in [0.29, 0.717) is 39.0 Å². The predicted molar refractivity (Wildman–Crippen MR) is 116 cm³/mol. The summed E-state index contributed by atoms with van der Waals surface area (Å²) in [6.07, 6.45) is 5.45. The fraction of sp³-hybridized carbons (Fsp3) is 0.304. The summed E-state index contributed by atoms with van der Waals surface area (Å²) in [4.78, 5) is 27.5. The summed E-state index contributed by atoms with van der Waals surface area (Å²) in [5, 5.41) is 9.93. The summed E-state index contributed by atoms with van der Waals surface area (Å²) in [7, 11) is 0. The molecule has 1 aliphatic heterocycles. The molecule has 31 heavy (non-hydrogen) atoms. The van der Waals surface area contributed by atoms with Crippen molar-refractivity contribution in [2.45, 2.75) is 38.8 Å². The number of amides is 2. The summed E-state index contributed by atoms with van der Waals surface area (Å²) in [6, 6.07) is 13.7. The number of benzene rings is 2. The molecule has 0 radical (unpaired) electrons. The maximum Gasteiger partial charge on any atom is 0.224 e. The fourth-order valence-corrected chi connectivity index (χ4v) is 3.50. The molecule has 0 aliphatic carbocycles. The molecule has 0 unspecified atom stereocenters. The first-order valence-electron chi connectivity index (χ1n) is 10.4. The molecule has 8 nitrogen and oxygen atoms in total. The van der Waals surface area contributed by atoms with E-state index in [9.17, 15) is 9.59 Å². The van der Waals surface area contributed by atoms with E-state index < -0.39 is 0 Å². The van der Waals surface area contributed by atoms with Gasteiger partial charge in [0, 0.05) is 25.1 Å². The summed E-state index contributed by atoms with van der Waals surface area (Å²) >= 11 is 0. The van der Waals surface area contributed by atoms with Gasteiger partial charge >= 0.3 is 0 Å². The smallest absolute Gasteiger partial charge is 0.224 e. The summed E-state index contributed by atoms with van der Waals surface area (Å²) in [5.74, 6) is 0.812. The summed E-state index contributed by atoms with van der Waals surface area (Å²) < 4.78 is 7.53. The molecule has 160 valence electrons. The van der Waals surface area contributed by atoms with Crippen LogP contribution in [0.3, 0.4) is 0 Å². The molecule has 3 aromatic rings. The number of fused-ring (bicyclic) bond motifs is 1. The number of ether oxygens (including phenoxy) is 1. The van der Waals surface area contributed by atoms with Crippen molar-refractivity contribution in [1.29, 1.82) is 0 Å². The monoisotopic (exact) mass is 419 g/mol. The Morgan fingerprint density at radius 3 is 2.94 bits per heavy atom. The van der Waals surface area contributed by atoms with Crippen molar-refractivity contribution >= 4 is 17.5 Å². The highest BCUT2D eigenvalue weighted by Crippen LogP contribution is 2.26. The molecule has 2 aromatic carbocycles. The molecule has 0 saturated carbocycles. The van der Waals surface area contributed by atoms with Gasteiger partial charge in [-0.1, -0.05) is 24.3 Å². The minimum Gasteiger partial charge on any atom is -0.494 e. The quantitative estimate of drug-likeness (QED) is 0.520. The third-order valence-corrected chi connectivity index (χ3v) is 5.08. The average molecular weight is 419 g/mol. The molecule has 0 saturated heterocycles. The highest BCUT2D eigenvalue weighted by molar-refractivity contribution is 5.94. The van der Waals surface area contributed by atoms with E-state index in [2.05, 4.69) is 26.8 Å². The number of hydrogen-bond donors (Lipinski definition) is 2. The third-order valence-electron chi connectivity index (χ3n) is 5.08. The van der Waals surface area contributed by atoms with Gasteiger partial charge in [0.25, 0.3) is 0 Å². The second-order valence-electron chi connectivity index (χ2n) is 7.51. The van der Waals surface area contributed by atoms with Crippen molar-refractivity contribution in [2.75, 3.05) is 11.9 Å². The Morgan fingerprint density at radius 1 is 1.16 bits per heavy atom. The SMILES string of the molecule is O=C(CCCOc1ccc2c(c1)CCC(=O)N2)NCc1cccc(Cn2cncn2)c1. The van der Waals surface area contributed by atoms with Gasteiger partial charge in [0.2, 0.25) is 11.8 Å². The maximum atomic E-state index is 12.2. The molecule has 4 rings (SSSR count). The van der Waals surface area contributed by atoms with Gasteiger partial charge in [-0.05, 0) is 47.7 Å². The molecule has 1 aliphatic rings. The molecule has 2 amide bonds. The Kier molecular flexibility index (Phi) is 6.56. The first-order chi connectivity index (χ1) is 15.2. The summed E-state index contributed by atoms with van der Waals surface area (Å²) in [6.45, 7) is 1.60. The number of nitrogens with zero attached hydrogens (tertiary/aromatic N) is 3. The van der Waals surface area contributed by atoms with Crippen molar-refractivity contribution < 1.29 is 14.3 Å². The lowest BCUT2D eigenvalue weighted by molar-refractivity contribution is -0.121. The zero-order chi connectivity index (χ0) is 21.5. The molecular formula is C23H25N5O3. The molecule has 0 atom stereocenters. The third kappa shape index (κ3) is 5.91. The van der Waals surface area contributed by atoms with Crippen LogP contribution in [-0.2, 0) is 29.1 Å². The van der Waals surface area contributed by atoms with Gasteiger partial charge in [-0.15, -0.1) is 0 Å². The van der Waals surface area contributed by atoms with Gasteiger partial charge in [0.05, 0.1) is 13.2 Å². The average Bonchev–Trinajstić information content (AvgIpc) is 3.28. The van der Waals surface area contributed by atoms with Gasteiger partial charge < -0.3 is 15.4 Å².